The fraction of sp³-hybridized carbons (Fsp3) is 0.368. The SMILES string of the molecule is CC(=O)c1c(C)[nH]c(C(=O)NCCCCOc2ccccc2)c1C. The molecule has 0 saturated heterocycles. The van der Waals surface area contributed by atoms with Crippen LogP contribution in [-0.2, 0) is 0 Å². The summed E-state index contributed by atoms with van der Waals surface area (Å²) in [4.78, 5) is 26.8. The molecule has 0 spiro atoms. The van der Waals surface area contributed by atoms with Crippen LogP contribution in [0.2, 0.25) is 0 Å². The predicted molar refractivity (Wildman–Crippen MR) is 93.8 cm³/mol. The quantitative estimate of drug-likeness (QED) is 0.576. The number of aromatic nitrogens is 1. The Morgan fingerprint density at radius 3 is 2.46 bits per heavy atom. The lowest BCUT2D eigenvalue weighted by Gasteiger charge is -2.07. The van der Waals surface area contributed by atoms with E-state index in [1.54, 1.807) is 13.8 Å². The number of carbonyl (C=O) groups excluding carboxylic acids is 2. The predicted octanol–water partition coefficient (Wildman–Crippen LogP) is 3.42. The minimum atomic E-state index is -0.174. The summed E-state index contributed by atoms with van der Waals surface area (Å²) in [6.07, 6.45) is 1.69. The molecule has 2 aromatic rings. The molecule has 1 aromatic carbocycles. The molecule has 0 bridgehead atoms. The summed E-state index contributed by atoms with van der Waals surface area (Å²) in [6, 6.07) is 9.66. The molecular formula is C19H24N2O3. The van der Waals surface area contributed by atoms with E-state index in [0.29, 0.717) is 30.0 Å². The number of carbonyl (C=O) groups is 2. The molecule has 5 heteroatoms. The zero-order valence-electron chi connectivity index (χ0n) is 14.4. The van der Waals surface area contributed by atoms with E-state index >= 15 is 0 Å². The van der Waals surface area contributed by atoms with Crippen LogP contribution in [0.15, 0.2) is 30.3 Å². The number of H-pyrrole nitrogens is 1. The first-order valence-corrected chi connectivity index (χ1v) is 8.17. The van der Waals surface area contributed by atoms with Crippen molar-refractivity contribution < 1.29 is 14.3 Å². The number of para-hydroxylation sites is 1. The minimum absolute atomic E-state index is 0.0293. The monoisotopic (exact) mass is 328 g/mol. The van der Waals surface area contributed by atoms with Crippen molar-refractivity contribution in [2.45, 2.75) is 33.6 Å². The highest BCUT2D eigenvalue weighted by molar-refractivity contribution is 6.02. The van der Waals surface area contributed by atoms with Crippen LogP contribution >= 0.6 is 0 Å². The number of ether oxygens (including phenoxy) is 1. The lowest BCUT2D eigenvalue weighted by atomic mass is 10.1. The van der Waals surface area contributed by atoms with Crippen molar-refractivity contribution in [1.29, 1.82) is 0 Å². The summed E-state index contributed by atoms with van der Waals surface area (Å²) in [5, 5.41) is 2.88. The molecule has 24 heavy (non-hydrogen) atoms. The number of Topliss-reactive ketones (excluding diaryl/α,β-unsaturated/α-hetero) is 1. The third kappa shape index (κ3) is 4.47. The summed E-state index contributed by atoms with van der Waals surface area (Å²) < 4.78 is 5.61. The molecule has 0 saturated carbocycles. The summed E-state index contributed by atoms with van der Waals surface area (Å²) in [7, 11) is 0. The van der Waals surface area contributed by atoms with Gasteiger partial charge in [-0.25, -0.2) is 0 Å². The summed E-state index contributed by atoms with van der Waals surface area (Å²) in [5.41, 5.74) is 2.53. The largest absolute Gasteiger partial charge is 0.494 e. The molecule has 0 aliphatic carbocycles. The average Bonchev–Trinajstić information content (AvgIpc) is 2.86. The minimum Gasteiger partial charge on any atom is -0.494 e. The highest BCUT2D eigenvalue weighted by Gasteiger charge is 2.19. The van der Waals surface area contributed by atoms with E-state index in [1.165, 1.54) is 6.92 Å². The Bertz CT molecular complexity index is 705. The van der Waals surface area contributed by atoms with Crippen molar-refractivity contribution in [3.8, 4) is 5.75 Å². The molecule has 0 aliphatic rings. The van der Waals surface area contributed by atoms with Gasteiger partial charge in [0.25, 0.3) is 5.91 Å². The number of amides is 1. The third-order valence-corrected chi connectivity index (χ3v) is 3.89. The van der Waals surface area contributed by atoms with Gasteiger partial charge in [0.05, 0.1) is 6.61 Å². The van der Waals surface area contributed by atoms with Crippen molar-refractivity contribution >= 4 is 11.7 Å². The van der Waals surface area contributed by atoms with Crippen LogP contribution in [0.4, 0.5) is 0 Å². The summed E-state index contributed by atoms with van der Waals surface area (Å²) in [5.74, 6) is 0.654. The number of aryl methyl sites for hydroxylation is 1. The van der Waals surface area contributed by atoms with Gasteiger partial charge in [-0.3, -0.25) is 9.59 Å². The summed E-state index contributed by atoms with van der Waals surface area (Å²) in [6.45, 7) is 6.31. The molecule has 1 amide bonds. The van der Waals surface area contributed by atoms with Crippen LogP contribution in [0.3, 0.4) is 0 Å². The van der Waals surface area contributed by atoms with Crippen LogP contribution in [0, 0.1) is 13.8 Å². The first-order chi connectivity index (χ1) is 11.5. The van der Waals surface area contributed by atoms with E-state index in [1.807, 2.05) is 30.3 Å². The van der Waals surface area contributed by atoms with Crippen molar-refractivity contribution in [2.75, 3.05) is 13.2 Å². The number of benzene rings is 1. The first-order valence-electron chi connectivity index (χ1n) is 8.17. The van der Waals surface area contributed by atoms with Gasteiger partial charge < -0.3 is 15.0 Å². The Labute approximate surface area is 142 Å². The topological polar surface area (TPSA) is 71.2 Å². The third-order valence-electron chi connectivity index (χ3n) is 3.89. The van der Waals surface area contributed by atoms with Gasteiger partial charge in [-0.15, -0.1) is 0 Å². The molecule has 0 atom stereocenters. The van der Waals surface area contributed by atoms with Crippen molar-refractivity contribution in [1.82, 2.24) is 10.3 Å². The van der Waals surface area contributed by atoms with E-state index < -0.39 is 0 Å². The van der Waals surface area contributed by atoms with Gasteiger partial charge in [-0.1, -0.05) is 18.2 Å². The number of hydrogen-bond donors (Lipinski definition) is 2. The number of rotatable bonds is 8. The van der Waals surface area contributed by atoms with E-state index in [4.69, 9.17) is 4.74 Å². The molecular weight excluding hydrogens is 304 g/mol. The second kappa shape index (κ2) is 8.34. The Hall–Kier alpha value is -2.56. The van der Waals surface area contributed by atoms with Crippen molar-refractivity contribution in [3.05, 3.63) is 52.8 Å². The van der Waals surface area contributed by atoms with Gasteiger partial charge in [0.2, 0.25) is 0 Å². The van der Waals surface area contributed by atoms with Gasteiger partial charge in [0, 0.05) is 17.8 Å². The van der Waals surface area contributed by atoms with E-state index in [9.17, 15) is 9.59 Å². The second-order valence-electron chi connectivity index (χ2n) is 5.81. The van der Waals surface area contributed by atoms with Crippen LogP contribution in [0.25, 0.3) is 0 Å². The molecule has 0 aliphatic heterocycles. The number of unbranched alkanes of at least 4 members (excludes halogenated alkanes) is 1. The van der Waals surface area contributed by atoms with Gasteiger partial charge in [-0.05, 0) is 51.3 Å². The van der Waals surface area contributed by atoms with Crippen LogP contribution < -0.4 is 10.1 Å². The van der Waals surface area contributed by atoms with Crippen molar-refractivity contribution in [3.63, 3.8) is 0 Å². The highest BCUT2D eigenvalue weighted by atomic mass is 16.5. The van der Waals surface area contributed by atoms with E-state index in [2.05, 4.69) is 10.3 Å². The molecule has 1 heterocycles. The van der Waals surface area contributed by atoms with Gasteiger partial charge in [-0.2, -0.15) is 0 Å². The molecule has 2 rings (SSSR count). The lowest BCUT2D eigenvalue weighted by molar-refractivity contribution is 0.0947. The highest BCUT2D eigenvalue weighted by Crippen LogP contribution is 2.18. The van der Waals surface area contributed by atoms with Gasteiger partial charge in [0.15, 0.2) is 5.78 Å². The van der Waals surface area contributed by atoms with Gasteiger partial charge >= 0.3 is 0 Å². The second-order valence-corrected chi connectivity index (χ2v) is 5.81. The number of ketones is 1. The first kappa shape index (κ1) is 17.8. The maximum Gasteiger partial charge on any atom is 0.268 e. The van der Waals surface area contributed by atoms with E-state index in [0.717, 1.165) is 24.3 Å². The number of hydrogen-bond acceptors (Lipinski definition) is 3. The molecule has 0 radical (unpaired) electrons. The average molecular weight is 328 g/mol. The Morgan fingerprint density at radius 2 is 1.83 bits per heavy atom. The normalized spacial score (nSPS) is 10.5. The van der Waals surface area contributed by atoms with Crippen LogP contribution in [0.5, 0.6) is 5.75 Å². The maximum absolute atomic E-state index is 12.2. The fourth-order valence-electron chi connectivity index (χ4n) is 2.73. The summed E-state index contributed by atoms with van der Waals surface area (Å²) >= 11 is 0. The standard InChI is InChI=1S/C19H24N2O3/c1-13-17(15(3)22)14(2)21-18(13)19(23)20-11-7-8-12-24-16-9-5-4-6-10-16/h4-6,9-10,21H,7-8,11-12H2,1-3H3,(H,20,23). The Kier molecular flexibility index (Phi) is 6.18. The molecule has 2 N–H and O–H groups in total. The lowest BCUT2D eigenvalue weighted by Crippen LogP contribution is -2.25. The fourth-order valence-corrected chi connectivity index (χ4v) is 2.73. The van der Waals surface area contributed by atoms with Crippen LogP contribution in [0.1, 0.15) is 51.9 Å². The zero-order chi connectivity index (χ0) is 17.5. The van der Waals surface area contributed by atoms with Crippen molar-refractivity contribution in [2.24, 2.45) is 0 Å². The maximum atomic E-state index is 12.2. The Morgan fingerprint density at radius 1 is 1.12 bits per heavy atom. The molecule has 1 aromatic heterocycles. The molecule has 5 nitrogen and oxygen atoms in total. The molecule has 0 fully saturated rings. The number of nitrogens with one attached hydrogen (secondary N) is 2. The number of aromatic amines is 1. The zero-order valence-corrected chi connectivity index (χ0v) is 14.4. The van der Waals surface area contributed by atoms with Gasteiger partial charge in [0.1, 0.15) is 11.4 Å². The van der Waals surface area contributed by atoms with E-state index in [-0.39, 0.29) is 11.7 Å². The molecule has 0 unspecified atom stereocenters. The van der Waals surface area contributed by atoms with Crippen LogP contribution in [-0.4, -0.2) is 29.8 Å². The molecule has 128 valence electrons. The smallest absolute Gasteiger partial charge is 0.268 e. The Balaban J connectivity index is 1.74.